The summed E-state index contributed by atoms with van der Waals surface area (Å²) in [4.78, 5) is 5.09. The summed E-state index contributed by atoms with van der Waals surface area (Å²) >= 11 is 0. The first kappa shape index (κ1) is 19.2. The molecule has 0 unspecified atom stereocenters. The largest absolute Gasteiger partial charge is 0.304 e. The Balaban J connectivity index is 2.79. The van der Waals surface area contributed by atoms with E-state index in [1.807, 2.05) is 0 Å². The third-order valence-electron chi connectivity index (χ3n) is 4.91. The van der Waals surface area contributed by atoms with Gasteiger partial charge in [-0.25, -0.2) is 0 Å². The van der Waals surface area contributed by atoms with Crippen LogP contribution in [0.5, 0.6) is 0 Å². The third kappa shape index (κ3) is 5.40. The minimum atomic E-state index is 0.180. The highest BCUT2D eigenvalue weighted by molar-refractivity contribution is 5.28. The zero-order valence-electron chi connectivity index (χ0n) is 15.8. The van der Waals surface area contributed by atoms with Crippen LogP contribution >= 0.6 is 0 Å². The highest BCUT2D eigenvalue weighted by Crippen LogP contribution is 2.38. The van der Waals surface area contributed by atoms with Crippen LogP contribution < -0.4 is 0 Å². The molecule has 1 heterocycles. The zero-order chi connectivity index (χ0) is 16.8. The number of nitrogens with zero attached hydrogens (tertiary/aromatic N) is 2. The Bertz CT molecular complexity index is 419. The molecule has 0 aliphatic carbocycles. The van der Waals surface area contributed by atoms with Gasteiger partial charge in [-0.05, 0) is 52.2 Å². The predicted octanol–water partition coefficient (Wildman–Crippen LogP) is 4.51. The van der Waals surface area contributed by atoms with Gasteiger partial charge in [-0.15, -0.1) is 0 Å². The van der Waals surface area contributed by atoms with Gasteiger partial charge in [0.25, 0.3) is 0 Å². The molecule has 2 nitrogen and oxygen atoms in total. The van der Waals surface area contributed by atoms with Crippen molar-refractivity contribution in [1.82, 2.24) is 9.80 Å². The molecule has 0 N–H and O–H groups in total. The molecule has 0 saturated carbocycles. The first-order valence-corrected chi connectivity index (χ1v) is 8.62. The molecule has 0 radical (unpaired) electrons. The van der Waals surface area contributed by atoms with Crippen molar-refractivity contribution in [3.8, 4) is 0 Å². The fourth-order valence-electron chi connectivity index (χ4n) is 3.69. The Hall–Kier alpha value is -0.860. The second-order valence-corrected chi connectivity index (χ2v) is 7.79. The molecule has 0 aromatic carbocycles. The zero-order valence-corrected chi connectivity index (χ0v) is 15.8. The van der Waals surface area contributed by atoms with Gasteiger partial charge in [-0.1, -0.05) is 44.2 Å². The summed E-state index contributed by atoms with van der Waals surface area (Å²) in [5.41, 5.74) is 1.83. The Morgan fingerprint density at radius 1 is 0.955 bits per heavy atom. The Labute approximate surface area is 138 Å². The van der Waals surface area contributed by atoms with Crippen LogP contribution in [0.25, 0.3) is 0 Å². The Morgan fingerprint density at radius 2 is 1.55 bits per heavy atom. The van der Waals surface area contributed by atoms with Crippen molar-refractivity contribution >= 4 is 0 Å². The molecule has 0 amide bonds. The van der Waals surface area contributed by atoms with E-state index in [0.717, 1.165) is 0 Å². The van der Waals surface area contributed by atoms with E-state index >= 15 is 0 Å². The van der Waals surface area contributed by atoms with Gasteiger partial charge < -0.3 is 4.90 Å². The summed E-state index contributed by atoms with van der Waals surface area (Å²) in [7, 11) is 2.22. The lowest BCUT2D eigenvalue weighted by atomic mass is 9.73. The molecule has 126 valence electrons. The standard InChI is InChI=1S/C20H36N2/c1-8-10-11-12-18(9-2)19(3,4)17-20(5,6)22-15-13-21(7)14-16-22/h8-12H,13-17H2,1-7H3/b10-8-,12-11-,18-9+. The van der Waals surface area contributed by atoms with Crippen molar-refractivity contribution in [3.63, 3.8) is 0 Å². The van der Waals surface area contributed by atoms with Gasteiger partial charge in [0, 0.05) is 31.7 Å². The summed E-state index contributed by atoms with van der Waals surface area (Å²) in [6.45, 7) is 18.5. The molecule has 0 bridgehead atoms. The maximum atomic E-state index is 2.66. The van der Waals surface area contributed by atoms with Crippen LogP contribution in [0.1, 0.15) is 48.0 Å². The van der Waals surface area contributed by atoms with E-state index in [9.17, 15) is 0 Å². The summed E-state index contributed by atoms with van der Waals surface area (Å²) < 4.78 is 0. The van der Waals surface area contributed by atoms with Crippen LogP contribution in [-0.4, -0.2) is 48.6 Å². The van der Waals surface area contributed by atoms with Crippen LogP contribution in [-0.2, 0) is 0 Å². The van der Waals surface area contributed by atoms with Gasteiger partial charge in [-0.2, -0.15) is 0 Å². The molecule has 0 atom stereocenters. The molecule has 1 aliphatic heterocycles. The van der Waals surface area contributed by atoms with Crippen molar-refractivity contribution < 1.29 is 0 Å². The van der Waals surface area contributed by atoms with Crippen molar-refractivity contribution in [2.24, 2.45) is 5.41 Å². The fraction of sp³-hybridized carbons (Fsp3) is 0.700. The average Bonchev–Trinajstić information content (AvgIpc) is 2.42. The normalized spacial score (nSPS) is 20.4. The van der Waals surface area contributed by atoms with Crippen molar-refractivity contribution in [3.05, 3.63) is 36.0 Å². The van der Waals surface area contributed by atoms with Crippen LogP contribution in [0.15, 0.2) is 36.0 Å². The van der Waals surface area contributed by atoms with E-state index in [-0.39, 0.29) is 11.0 Å². The number of piperazine rings is 1. The molecule has 22 heavy (non-hydrogen) atoms. The van der Waals surface area contributed by atoms with E-state index < -0.39 is 0 Å². The number of likely N-dealkylation sites (N-methyl/N-ethyl adjacent to an activating group) is 1. The van der Waals surface area contributed by atoms with Gasteiger partial charge in [0.1, 0.15) is 0 Å². The van der Waals surface area contributed by atoms with E-state index in [0.29, 0.717) is 0 Å². The quantitative estimate of drug-likeness (QED) is 0.666. The maximum absolute atomic E-state index is 2.66. The van der Waals surface area contributed by atoms with Crippen LogP contribution in [0.2, 0.25) is 0 Å². The maximum Gasteiger partial charge on any atom is 0.0162 e. The molecule has 2 heteroatoms. The molecule has 1 fully saturated rings. The number of hydrogen-bond donors (Lipinski definition) is 0. The lowest BCUT2D eigenvalue weighted by molar-refractivity contribution is 0.0390. The smallest absolute Gasteiger partial charge is 0.0162 e. The lowest BCUT2D eigenvalue weighted by Gasteiger charge is -2.47. The number of allylic oxidation sites excluding steroid dienone is 6. The third-order valence-corrected chi connectivity index (χ3v) is 4.91. The summed E-state index contributed by atoms with van der Waals surface area (Å²) in [6, 6.07) is 0. The topological polar surface area (TPSA) is 6.48 Å². The minimum absolute atomic E-state index is 0.180. The van der Waals surface area contributed by atoms with E-state index in [4.69, 9.17) is 0 Å². The Kier molecular flexibility index (Phi) is 7.08. The van der Waals surface area contributed by atoms with Crippen LogP contribution in [0, 0.1) is 5.41 Å². The highest BCUT2D eigenvalue weighted by atomic mass is 15.3. The molecule has 1 saturated heterocycles. The van der Waals surface area contributed by atoms with Gasteiger partial charge >= 0.3 is 0 Å². The van der Waals surface area contributed by atoms with Gasteiger partial charge in [0.05, 0.1) is 0 Å². The first-order chi connectivity index (χ1) is 10.2. The van der Waals surface area contributed by atoms with Crippen LogP contribution in [0.3, 0.4) is 0 Å². The van der Waals surface area contributed by atoms with Gasteiger partial charge in [0.15, 0.2) is 0 Å². The highest BCUT2D eigenvalue weighted by Gasteiger charge is 2.35. The van der Waals surface area contributed by atoms with Crippen molar-refractivity contribution in [2.45, 2.75) is 53.5 Å². The van der Waals surface area contributed by atoms with Crippen molar-refractivity contribution in [1.29, 1.82) is 0 Å². The molecular formula is C20H36N2. The molecule has 0 aromatic rings. The number of hydrogen-bond acceptors (Lipinski definition) is 2. The second-order valence-electron chi connectivity index (χ2n) is 7.79. The summed E-state index contributed by atoms with van der Waals surface area (Å²) in [5, 5.41) is 0. The van der Waals surface area contributed by atoms with Crippen molar-refractivity contribution in [2.75, 3.05) is 33.2 Å². The average molecular weight is 305 g/mol. The van der Waals surface area contributed by atoms with Gasteiger partial charge in [-0.3, -0.25) is 4.90 Å². The minimum Gasteiger partial charge on any atom is -0.304 e. The van der Waals surface area contributed by atoms with E-state index in [2.05, 4.69) is 88.8 Å². The predicted molar refractivity (Wildman–Crippen MR) is 99.3 cm³/mol. The summed E-state index contributed by atoms with van der Waals surface area (Å²) in [6.07, 6.45) is 12.0. The lowest BCUT2D eigenvalue weighted by Crippen LogP contribution is -2.55. The van der Waals surface area contributed by atoms with E-state index in [1.165, 1.54) is 38.2 Å². The second kappa shape index (κ2) is 8.12. The molecule has 0 spiro atoms. The number of rotatable bonds is 6. The molecule has 1 rings (SSSR count). The SMILES string of the molecule is C\C=C/C=C\C(=C/C)C(C)(C)CC(C)(C)N1CCN(C)CC1. The van der Waals surface area contributed by atoms with Crippen LogP contribution in [0.4, 0.5) is 0 Å². The molecule has 0 aromatic heterocycles. The molecular weight excluding hydrogens is 268 g/mol. The monoisotopic (exact) mass is 304 g/mol. The fourth-order valence-corrected chi connectivity index (χ4v) is 3.69. The first-order valence-electron chi connectivity index (χ1n) is 8.62. The van der Waals surface area contributed by atoms with Gasteiger partial charge in [0.2, 0.25) is 0 Å². The Morgan fingerprint density at radius 3 is 2.05 bits per heavy atom. The molecule has 1 aliphatic rings. The van der Waals surface area contributed by atoms with E-state index in [1.54, 1.807) is 0 Å². The summed E-state index contributed by atoms with van der Waals surface area (Å²) in [5.74, 6) is 0.